The van der Waals surface area contributed by atoms with E-state index in [1.807, 2.05) is 35.3 Å². The SMILES string of the molecule is Fc1cccc([C@@H]2Oc3ccccc3[C@H]3CC(c4ccc5ccccc5c4)=NN32)c1. The number of halogens is 1. The second kappa shape index (κ2) is 6.70. The van der Waals surface area contributed by atoms with Gasteiger partial charge in [-0.05, 0) is 40.6 Å². The van der Waals surface area contributed by atoms with Gasteiger partial charge in [0.15, 0.2) is 0 Å². The third-order valence-electron chi connectivity index (χ3n) is 5.92. The molecule has 30 heavy (non-hydrogen) atoms. The summed E-state index contributed by atoms with van der Waals surface area (Å²) in [5.41, 5.74) is 4.01. The summed E-state index contributed by atoms with van der Waals surface area (Å²) in [6.07, 6.45) is 0.323. The largest absolute Gasteiger partial charge is 0.464 e. The van der Waals surface area contributed by atoms with Crippen LogP contribution in [0.25, 0.3) is 10.8 Å². The quantitative estimate of drug-likeness (QED) is 0.403. The topological polar surface area (TPSA) is 24.8 Å². The Morgan fingerprint density at radius 1 is 0.833 bits per heavy atom. The number of hydrogen-bond donors (Lipinski definition) is 0. The number of rotatable bonds is 2. The predicted molar refractivity (Wildman–Crippen MR) is 116 cm³/mol. The number of ether oxygens (including phenoxy) is 1. The van der Waals surface area contributed by atoms with Crippen LogP contribution in [0.15, 0.2) is 96.1 Å². The van der Waals surface area contributed by atoms with E-state index in [4.69, 9.17) is 9.84 Å². The summed E-state index contributed by atoms with van der Waals surface area (Å²) in [6.45, 7) is 0. The van der Waals surface area contributed by atoms with Gasteiger partial charge in [-0.1, -0.05) is 66.7 Å². The van der Waals surface area contributed by atoms with E-state index in [0.717, 1.165) is 34.6 Å². The van der Waals surface area contributed by atoms with Crippen molar-refractivity contribution < 1.29 is 9.13 Å². The molecule has 0 bridgehead atoms. The monoisotopic (exact) mass is 394 g/mol. The van der Waals surface area contributed by atoms with Crippen LogP contribution in [-0.4, -0.2) is 10.7 Å². The Kier molecular flexibility index (Phi) is 3.85. The highest BCUT2D eigenvalue weighted by Crippen LogP contribution is 2.47. The van der Waals surface area contributed by atoms with E-state index in [-0.39, 0.29) is 11.9 Å². The van der Waals surface area contributed by atoms with Crippen molar-refractivity contribution in [1.82, 2.24) is 5.01 Å². The number of nitrogens with zero attached hydrogens (tertiary/aromatic N) is 2. The first-order chi connectivity index (χ1) is 14.8. The van der Waals surface area contributed by atoms with Gasteiger partial charge in [0.25, 0.3) is 0 Å². The maximum absolute atomic E-state index is 13.9. The van der Waals surface area contributed by atoms with Crippen molar-refractivity contribution in [2.75, 3.05) is 0 Å². The summed E-state index contributed by atoms with van der Waals surface area (Å²) in [7, 11) is 0. The fourth-order valence-electron chi connectivity index (χ4n) is 4.46. The third-order valence-corrected chi connectivity index (χ3v) is 5.92. The van der Waals surface area contributed by atoms with Gasteiger partial charge in [-0.3, -0.25) is 0 Å². The van der Waals surface area contributed by atoms with E-state index < -0.39 is 6.23 Å². The Labute approximate surface area is 174 Å². The molecule has 0 fully saturated rings. The molecule has 2 heterocycles. The molecule has 146 valence electrons. The molecule has 6 rings (SSSR count). The molecule has 0 spiro atoms. The van der Waals surface area contributed by atoms with E-state index in [0.29, 0.717) is 0 Å². The highest BCUT2D eigenvalue weighted by Gasteiger charge is 2.40. The molecule has 2 aliphatic heterocycles. The van der Waals surface area contributed by atoms with Crippen molar-refractivity contribution in [3.63, 3.8) is 0 Å². The lowest BCUT2D eigenvalue weighted by Crippen LogP contribution is -2.33. The minimum absolute atomic E-state index is 0.0599. The Hall–Kier alpha value is -3.66. The maximum Gasteiger partial charge on any atom is 0.213 e. The van der Waals surface area contributed by atoms with E-state index in [2.05, 4.69) is 42.5 Å². The molecular formula is C26H19FN2O. The number of fused-ring (bicyclic) bond motifs is 4. The van der Waals surface area contributed by atoms with Crippen LogP contribution >= 0.6 is 0 Å². The van der Waals surface area contributed by atoms with Gasteiger partial charge >= 0.3 is 0 Å². The first kappa shape index (κ1) is 17.2. The summed E-state index contributed by atoms with van der Waals surface area (Å²) in [6, 6.07) is 29.5. The molecular weight excluding hydrogens is 375 g/mol. The molecule has 4 aromatic carbocycles. The van der Waals surface area contributed by atoms with Crippen molar-refractivity contribution >= 4 is 16.5 Å². The lowest BCUT2D eigenvalue weighted by atomic mass is 9.95. The fraction of sp³-hybridized carbons (Fsp3) is 0.115. The molecule has 0 aliphatic carbocycles. The van der Waals surface area contributed by atoms with Gasteiger partial charge in [-0.25, -0.2) is 9.40 Å². The molecule has 3 nitrogen and oxygen atoms in total. The molecule has 0 unspecified atom stereocenters. The summed E-state index contributed by atoms with van der Waals surface area (Å²) >= 11 is 0. The third kappa shape index (κ3) is 2.76. The average molecular weight is 394 g/mol. The molecule has 0 amide bonds. The smallest absolute Gasteiger partial charge is 0.213 e. The van der Waals surface area contributed by atoms with Gasteiger partial charge in [-0.15, -0.1) is 0 Å². The van der Waals surface area contributed by atoms with E-state index in [9.17, 15) is 4.39 Å². The maximum atomic E-state index is 13.9. The van der Waals surface area contributed by atoms with E-state index in [1.165, 1.54) is 22.9 Å². The highest BCUT2D eigenvalue weighted by molar-refractivity contribution is 6.04. The van der Waals surface area contributed by atoms with Gasteiger partial charge < -0.3 is 4.74 Å². The zero-order valence-corrected chi connectivity index (χ0v) is 16.2. The van der Waals surface area contributed by atoms with Gasteiger partial charge in [0.2, 0.25) is 6.23 Å². The second-order valence-corrected chi connectivity index (χ2v) is 7.77. The minimum atomic E-state index is -0.460. The lowest BCUT2D eigenvalue weighted by Gasteiger charge is -2.38. The Bertz CT molecular complexity index is 1300. The Morgan fingerprint density at radius 2 is 1.67 bits per heavy atom. The normalized spacial score (nSPS) is 19.8. The van der Waals surface area contributed by atoms with Gasteiger partial charge in [-0.2, -0.15) is 5.10 Å². The summed E-state index contributed by atoms with van der Waals surface area (Å²) in [5, 5.41) is 9.37. The number of para-hydroxylation sites is 1. The van der Waals surface area contributed by atoms with Gasteiger partial charge in [0, 0.05) is 17.5 Å². The molecule has 0 N–H and O–H groups in total. The van der Waals surface area contributed by atoms with Crippen LogP contribution in [0.1, 0.15) is 35.4 Å². The first-order valence-electron chi connectivity index (χ1n) is 10.1. The van der Waals surface area contributed by atoms with Crippen LogP contribution < -0.4 is 4.74 Å². The molecule has 4 aromatic rings. The summed E-state index contributed by atoms with van der Waals surface area (Å²) in [5.74, 6) is 0.562. The molecule has 0 aromatic heterocycles. The molecule has 0 saturated heterocycles. The molecule has 0 saturated carbocycles. The average Bonchev–Trinajstić information content (AvgIpc) is 3.24. The van der Waals surface area contributed by atoms with E-state index >= 15 is 0 Å². The highest BCUT2D eigenvalue weighted by atomic mass is 19.1. The standard InChI is InChI=1S/C26H19FN2O/c27-21-9-5-8-20(15-21)26-29-24(22-10-3-4-11-25(22)30-26)16-23(28-29)19-13-12-17-6-1-2-7-18(17)14-19/h1-15,24,26H,16H2/t24-,26+/m1/s1. The zero-order valence-electron chi connectivity index (χ0n) is 16.2. The van der Waals surface area contributed by atoms with Crippen LogP contribution in [0.2, 0.25) is 0 Å². The first-order valence-corrected chi connectivity index (χ1v) is 10.1. The predicted octanol–water partition coefficient (Wildman–Crippen LogP) is 6.22. The second-order valence-electron chi connectivity index (χ2n) is 7.77. The lowest BCUT2D eigenvalue weighted by molar-refractivity contribution is -0.0192. The fourth-order valence-corrected chi connectivity index (χ4v) is 4.46. The summed E-state index contributed by atoms with van der Waals surface area (Å²) < 4.78 is 20.2. The van der Waals surface area contributed by atoms with E-state index in [1.54, 1.807) is 6.07 Å². The van der Waals surface area contributed by atoms with Crippen molar-refractivity contribution in [2.24, 2.45) is 5.10 Å². The van der Waals surface area contributed by atoms with Crippen LogP contribution in [0.3, 0.4) is 0 Å². The Balaban J connectivity index is 1.45. The van der Waals surface area contributed by atoms with Crippen LogP contribution in [0, 0.1) is 5.82 Å². The number of hydrazone groups is 1. The molecule has 0 radical (unpaired) electrons. The van der Waals surface area contributed by atoms with Crippen molar-refractivity contribution in [3.8, 4) is 5.75 Å². The number of benzene rings is 4. The van der Waals surface area contributed by atoms with Crippen molar-refractivity contribution in [1.29, 1.82) is 0 Å². The summed E-state index contributed by atoms with van der Waals surface area (Å²) in [4.78, 5) is 0. The molecule has 2 atom stereocenters. The molecule has 2 aliphatic rings. The van der Waals surface area contributed by atoms with Crippen molar-refractivity contribution in [3.05, 3.63) is 114 Å². The van der Waals surface area contributed by atoms with Crippen LogP contribution in [0.5, 0.6) is 5.75 Å². The van der Waals surface area contributed by atoms with Crippen LogP contribution in [-0.2, 0) is 0 Å². The van der Waals surface area contributed by atoms with Crippen LogP contribution in [0.4, 0.5) is 4.39 Å². The number of hydrogen-bond acceptors (Lipinski definition) is 3. The molecule has 4 heteroatoms. The van der Waals surface area contributed by atoms with Gasteiger partial charge in [0.05, 0.1) is 11.8 Å². The minimum Gasteiger partial charge on any atom is -0.464 e. The zero-order chi connectivity index (χ0) is 20.1. The Morgan fingerprint density at radius 3 is 2.57 bits per heavy atom. The van der Waals surface area contributed by atoms with Crippen molar-refractivity contribution in [2.45, 2.75) is 18.7 Å². The van der Waals surface area contributed by atoms with Gasteiger partial charge in [0.1, 0.15) is 11.6 Å².